The van der Waals surface area contributed by atoms with E-state index in [0.29, 0.717) is 36.0 Å². The Bertz CT molecular complexity index is 1040. The van der Waals surface area contributed by atoms with E-state index in [1.807, 2.05) is 6.07 Å². The normalized spacial score (nSPS) is 23.2. The molecule has 2 aliphatic heterocycles. The predicted octanol–water partition coefficient (Wildman–Crippen LogP) is 3.61. The quantitative estimate of drug-likeness (QED) is 0.464. The van der Waals surface area contributed by atoms with Crippen LogP contribution in [0.5, 0.6) is 11.5 Å². The topological polar surface area (TPSA) is 89.0 Å². The summed E-state index contributed by atoms with van der Waals surface area (Å²) < 4.78 is 11.2. The molecule has 1 aromatic heterocycles. The molecule has 3 heterocycles. The standard InChI is InChI=1S/C24H24N2O5/c27-22(15-9-10-18-19(14-15)31-13-12-30-18)20-21(17-8-4-5-11-25-17)26(24(29)23(20)28)16-6-2-1-3-7-16/h4-5,8-11,14,16,21,27H,1-3,6-7,12-13H2/b22-20-. The molecule has 1 aromatic carbocycles. The number of hydrogen-bond acceptors (Lipinski definition) is 6. The zero-order chi connectivity index (χ0) is 21.4. The van der Waals surface area contributed by atoms with Crippen molar-refractivity contribution in [1.82, 2.24) is 9.88 Å². The molecule has 2 aromatic rings. The number of carbonyl (C=O) groups is 2. The highest BCUT2D eigenvalue weighted by Gasteiger charge is 2.49. The number of fused-ring (bicyclic) bond motifs is 1. The third-order valence-corrected chi connectivity index (χ3v) is 6.23. The van der Waals surface area contributed by atoms with Gasteiger partial charge >= 0.3 is 0 Å². The summed E-state index contributed by atoms with van der Waals surface area (Å²) in [6.07, 6.45) is 6.50. The van der Waals surface area contributed by atoms with Gasteiger partial charge in [-0.25, -0.2) is 0 Å². The second-order valence-corrected chi connectivity index (χ2v) is 8.11. The van der Waals surface area contributed by atoms with Crippen LogP contribution in [0.25, 0.3) is 5.76 Å². The van der Waals surface area contributed by atoms with Gasteiger partial charge in [0.2, 0.25) is 0 Å². The average molecular weight is 420 g/mol. The molecule has 0 radical (unpaired) electrons. The molecule has 1 N–H and O–H groups in total. The Kier molecular flexibility index (Phi) is 5.10. The molecule has 1 saturated carbocycles. The lowest BCUT2D eigenvalue weighted by atomic mass is 9.92. The smallest absolute Gasteiger partial charge is 0.295 e. The molecule has 7 heteroatoms. The Morgan fingerprint density at radius 1 is 1.00 bits per heavy atom. The number of pyridine rings is 1. The molecule has 1 saturated heterocycles. The van der Waals surface area contributed by atoms with Crippen molar-refractivity contribution in [2.75, 3.05) is 13.2 Å². The molecule has 1 amide bonds. The lowest BCUT2D eigenvalue weighted by Crippen LogP contribution is -2.40. The van der Waals surface area contributed by atoms with Crippen molar-refractivity contribution in [2.24, 2.45) is 0 Å². The average Bonchev–Trinajstić information content (AvgIpc) is 3.10. The first kappa shape index (κ1) is 19.6. The molecule has 160 valence electrons. The second-order valence-electron chi connectivity index (χ2n) is 8.11. The zero-order valence-corrected chi connectivity index (χ0v) is 17.1. The van der Waals surface area contributed by atoms with Gasteiger partial charge in [0.25, 0.3) is 11.7 Å². The molecule has 7 nitrogen and oxygen atoms in total. The van der Waals surface area contributed by atoms with E-state index in [-0.39, 0.29) is 17.4 Å². The second kappa shape index (κ2) is 8.06. The fraction of sp³-hybridized carbons (Fsp3) is 0.375. The van der Waals surface area contributed by atoms with E-state index in [9.17, 15) is 14.7 Å². The van der Waals surface area contributed by atoms with Crippen LogP contribution in [0.3, 0.4) is 0 Å². The van der Waals surface area contributed by atoms with Gasteiger partial charge in [0.15, 0.2) is 11.5 Å². The van der Waals surface area contributed by atoms with E-state index in [0.717, 1.165) is 32.1 Å². The van der Waals surface area contributed by atoms with Crippen LogP contribution < -0.4 is 9.47 Å². The Hall–Kier alpha value is -3.35. The zero-order valence-electron chi connectivity index (χ0n) is 17.1. The number of ketones is 1. The first-order valence-electron chi connectivity index (χ1n) is 10.8. The van der Waals surface area contributed by atoms with Gasteiger partial charge in [0.1, 0.15) is 25.0 Å². The SMILES string of the molecule is O=C1C(=O)N(C2CCCCC2)C(c2ccccn2)/C1=C(/O)c1ccc2c(c1)OCCO2. The molecule has 31 heavy (non-hydrogen) atoms. The number of nitrogens with zero attached hydrogens (tertiary/aromatic N) is 2. The van der Waals surface area contributed by atoms with Crippen molar-refractivity contribution in [3.05, 3.63) is 59.4 Å². The Morgan fingerprint density at radius 3 is 2.52 bits per heavy atom. The Balaban J connectivity index is 1.63. The molecular formula is C24H24N2O5. The maximum absolute atomic E-state index is 13.2. The number of hydrogen-bond donors (Lipinski definition) is 1. The number of benzene rings is 1. The van der Waals surface area contributed by atoms with Crippen LogP contribution in [-0.2, 0) is 9.59 Å². The number of ether oxygens (including phenoxy) is 2. The van der Waals surface area contributed by atoms with Crippen LogP contribution >= 0.6 is 0 Å². The first-order chi connectivity index (χ1) is 15.1. The largest absolute Gasteiger partial charge is 0.507 e. The van der Waals surface area contributed by atoms with Gasteiger partial charge in [-0.15, -0.1) is 0 Å². The van der Waals surface area contributed by atoms with E-state index in [4.69, 9.17) is 9.47 Å². The summed E-state index contributed by atoms with van der Waals surface area (Å²) in [7, 11) is 0. The van der Waals surface area contributed by atoms with Crippen molar-refractivity contribution >= 4 is 17.4 Å². The van der Waals surface area contributed by atoms with Crippen molar-refractivity contribution < 1.29 is 24.2 Å². The number of Topliss-reactive ketones (excluding diaryl/α,β-unsaturated/α-hetero) is 1. The van der Waals surface area contributed by atoms with Gasteiger partial charge in [0.05, 0.1) is 11.3 Å². The number of aliphatic hydroxyl groups is 1. The molecule has 2 fully saturated rings. The first-order valence-corrected chi connectivity index (χ1v) is 10.8. The van der Waals surface area contributed by atoms with Crippen LogP contribution in [0.15, 0.2) is 48.2 Å². The van der Waals surface area contributed by atoms with Gasteiger partial charge in [0, 0.05) is 17.8 Å². The maximum Gasteiger partial charge on any atom is 0.295 e. The summed E-state index contributed by atoms with van der Waals surface area (Å²) in [5.74, 6) is -0.363. The number of aromatic nitrogens is 1. The highest BCUT2D eigenvalue weighted by atomic mass is 16.6. The van der Waals surface area contributed by atoms with E-state index in [2.05, 4.69) is 4.98 Å². The van der Waals surface area contributed by atoms with Gasteiger partial charge in [-0.2, -0.15) is 0 Å². The number of likely N-dealkylation sites (tertiary alicyclic amines) is 1. The van der Waals surface area contributed by atoms with E-state index in [1.165, 1.54) is 0 Å². The van der Waals surface area contributed by atoms with Crippen LogP contribution in [0, 0.1) is 0 Å². The summed E-state index contributed by atoms with van der Waals surface area (Å²) in [6, 6.07) is 9.68. The summed E-state index contributed by atoms with van der Waals surface area (Å²) in [4.78, 5) is 32.4. The van der Waals surface area contributed by atoms with Gasteiger partial charge < -0.3 is 19.5 Å². The molecule has 1 aliphatic carbocycles. The predicted molar refractivity (Wildman–Crippen MR) is 113 cm³/mol. The molecule has 0 bridgehead atoms. The summed E-state index contributed by atoms with van der Waals surface area (Å²) in [5, 5.41) is 11.2. The number of amides is 1. The van der Waals surface area contributed by atoms with Crippen LogP contribution in [0.4, 0.5) is 0 Å². The summed E-state index contributed by atoms with van der Waals surface area (Å²) >= 11 is 0. The fourth-order valence-corrected chi connectivity index (χ4v) is 4.76. The molecule has 3 aliphatic rings. The maximum atomic E-state index is 13.2. The summed E-state index contributed by atoms with van der Waals surface area (Å²) in [5.41, 5.74) is 1.06. The van der Waals surface area contributed by atoms with Crippen LogP contribution in [0.1, 0.15) is 49.4 Å². The Morgan fingerprint density at radius 2 is 1.77 bits per heavy atom. The third-order valence-electron chi connectivity index (χ3n) is 6.23. The lowest BCUT2D eigenvalue weighted by molar-refractivity contribution is -0.141. The summed E-state index contributed by atoms with van der Waals surface area (Å²) in [6.45, 7) is 0.877. The van der Waals surface area contributed by atoms with Crippen molar-refractivity contribution in [3.63, 3.8) is 0 Å². The van der Waals surface area contributed by atoms with E-state index in [1.54, 1.807) is 41.4 Å². The highest BCUT2D eigenvalue weighted by molar-refractivity contribution is 6.46. The number of aliphatic hydroxyl groups excluding tert-OH is 1. The minimum Gasteiger partial charge on any atom is -0.507 e. The van der Waals surface area contributed by atoms with Crippen LogP contribution in [-0.4, -0.2) is 45.9 Å². The van der Waals surface area contributed by atoms with Gasteiger partial charge in [-0.05, 0) is 43.2 Å². The minimum atomic E-state index is -0.711. The van der Waals surface area contributed by atoms with E-state index >= 15 is 0 Å². The van der Waals surface area contributed by atoms with Gasteiger partial charge in [-0.1, -0.05) is 25.3 Å². The van der Waals surface area contributed by atoms with E-state index < -0.39 is 17.7 Å². The monoisotopic (exact) mass is 420 g/mol. The van der Waals surface area contributed by atoms with Gasteiger partial charge in [-0.3, -0.25) is 14.6 Å². The molecule has 1 atom stereocenters. The van der Waals surface area contributed by atoms with Crippen molar-refractivity contribution in [2.45, 2.75) is 44.2 Å². The third kappa shape index (κ3) is 3.44. The highest BCUT2D eigenvalue weighted by Crippen LogP contribution is 2.43. The lowest BCUT2D eigenvalue weighted by Gasteiger charge is -2.35. The minimum absolute atomic E-state index is 0.0391. The van der Waals surface area contributed by atoms with Crippen LogP contribution in [0.2, 0.25) is 0 Å². The fourth-order valence-electron chi connectivity index (χ4n) is 4.76. The molecule has 1 unspecified atom stereocenters. The van der Waals surface area contributed by atoms with Crippen molar-refractivity contribution in [1.29, 1.82) is 0 Å². The molecular weight excluding hydrogens is 396 g/mol. The number of rotatable bonds is 3. The molecule has 0 spiro atoms. The Labute approximate surface area is 180 Å². The number of carbonyl (C=O) groups excluding carboxylic acids is 2. The van der Waals surface area contributed by atoms with Crippen molar-refractivity contribution in [3.8, 4) is 11.5 Å². The molecule has 5 rings (SSSR count).